The minimum Gasteiger partial charge on any atom is -0.462 e. The highest BCUT2D eigenvalue weighted by Gasteiger charge is 2.32. The maximum absolute atomic E-state index is 12.9. The van der Waals surface area contributed by atoms with Crippen molar-refractivity contribution in [3.05, 3.63) is 51.1 Å². The number of para-hydroxylation sites is 1. The number of esters is 1. The van der Waals surface area contributed by atoms with Crippen LogP contribution in [-0.4, -0.2) is 45.5 Å². The summed E-state index contributed by atoms with van der Waals surface area (Å²) in [6.07, 6.45) is 2.47. The van der Waals surface area contributed by atoms with E-state index in [1.54, 1.807) is 31.2 Å². The maximum Gasteiger partial charge on any atom is 0.341 e. The fraction of sp³-hybridized carbons (Fsp3) is 0.391. The number of hydrogen-bond acceptors (Lipinski definition) is 8. The van der Waals surface area contributed by atoms with Gasteiger partial charge < -0.3 is 15.2 Å². The molecular weight excluding hydrogens is 462 g/mol. The molecule has 1 fully saturated rings. The van der Waals surface area contributed by atoms with Crippen LogP contribution in [-0.2, 0) is 16.1 Å². The Balaban J connectivity index is 1.53. The highest BCUT2D eigenvalue weighted by molar-refractivity contribution is 7.99. The third-order valence-electron chi connectivity index (χ3n) is 5.27. The molecule has 3 aromatic rings. The lowest BCUT2D eigenvalue weighted by molar-refractivity contribution is -0.113. The molecular formula is C23H25N3O5S2. The molecule has 0 aliphatic heterocycles. The Bertz CT molecular complexity index is 1230. The van der Waals surface area contributed by atoms with E-state index in [9.17, 15) is 19.5 Å². The number of aromatic nitrogens is 2. The number of nitrogens with one attached hydrogen (secondary N) is 1. The van der Waals surface area contributed by atoms with Crippen molar-refractivity contribution < 1.29 is 19.4 Å². The topological polar surface area (TPSA) is 111 Å². The summed E-state index contributed by atoms with van der Waals surface area (Å²) in [7, 11) is 0. The minimum absolute atomic E-state index is 0.0167. The first-order valence-corrected chi connectivity index (χ1v) is 12.7. The van der Waals surface area contributed by atoms with Crippen LogP contribution in [0.2, 0.25) is 0 Å². The molecule has 0 bridgehead atoms. The summed E-state index contributed by atoms with van der Waals surface area (Å²) >= 11 is 2.48. The van der Waals surface area contributed by atoms with Crippen LogP contribution in [0.5, 0.6) is 0 Å². The Morgan fingerprint density at radius 1 is 1.33 bits per heavy atom. The SMILES string of the molecule is CCOC(=O)c1c(C2CC2)csc1NC(=O)CSc1nc2ccccc2c(=O)n1CCCO. The van der Waals surface area contributed by atoms with Gasteiger partial charge in [-0.05, 0) is 55.2 Å². The lowest BCUT2D eigenvalue weighted by Crippen LogP contribution is -2.25. The molecule has 8 nitrogen and oxygen atoms in total. The predicted octanol–water partition coefficient (Wildman–Crippen LogP) is 3.63. The number of aliphatic hydroxyl groups is 1. The van der Waals surface area contributed by atoms with E-state index >= 15 is 0 Å². The molecule has 2 N–H and O–H groups in total. The van der Waals surface area contributed by atoms with Gasteiger partial charge in [0.05, 0.1) is 28.8 Å². The van der Waals surface area contributed by atoms with Crippen LogP contribution in [0.3, 0.4) is 0 Å². The lowest BCUT2D eigenvalue weighted by atomic mass is 10.1. The van der Waals surface area contributed by atoms with Gasteiger partial charge in [-0.1, -0.05) is 23.9 Å². The monoisotopic (exact) mass is 487 g/mol. The molecule has 2 aromatic heterocycles. The average molecular weight is 488 g/mol. The van der Waals surface area contributed by atoms with Gasteiger partial charge in [-0.25, -0.2) is 9.78 Å². The third-order valence-corrected chi connectivity index (χ3v) is 7.16. The number of hydrogen-bond donors (Lipinski definition) is 2. The first-order chi connectivity index (χ1) is 16.0. The number of benzene rings is 1. The molecule has 0 unspecified atom stereocenters. The molecule has 174 valence electrons. The zero-order chi connectivity index (χ0) is 23.4. The van der Waals surface area contributed by atoms with E-state index in [-0.39, 0.29) is 30.4 Å². The zero-order valence-corrected chi connectivity index (χ0v) is 19.8. The molecule has 2 heterocycles. The van der Waals surface area contributed by atoms with Gasteiger partial charge in [0.2, 0.25) is 5.91 Å². The van der Waals surface area contributed by atoms with Crippen molar-refractivity contribution >= 4 is 50.9 Å². The molecule has 0 spiro atoms. The number of anilines is 1. The van der Waals surface area contributed by atoms with Crippen LogP contribution < -0.4 is 10.9 Å². The van der Waals surface area contributed by atoms with Crippen LogP contribution in [0.1, 0.15) is 48.0 Å². The van der Waals surface area contributed by atoms with E-state index in [4.69, 9.17) is 4.74 Å². The second kappa shape index (κ2) is 10.5. The Morgan fingerprint density at radius 3 is 2.85 bits per heavy atom. The predicted molar refractivity (Wildman–Crippen MR) is 129 cm³/mol. The van der Waals surface area contributed by atoms with Crippen LogP contribution in [0.25, 0.3) is 10.9 Å². The molecule has 0 saturated heterocycles. The Morgan fingerprint density at radius 2 is 2.12 bits per heavy atom. The number of nitrogens with zero attached hydrogens (tertiary/aromatic N) is 2. The molecule has 1 saturated carbocycles. The van der Waals surface area contributed by atoms with Crippen LogP contribution >= 0.6 is 23.1 Å². The van der Waals surface area contributed by atoms with Crippen molar-refractivity contribution in [2.75, 3.05) is 24.3 Å². The first-order valence-electron chi connectivity index (χ1n) is 10.8. The minimum atomic E-state index is -0.419. The fourth-order valence-corrected chi connectivity index (χ4v) is 5.42. The number of amides is 1. The Kier molecular flexibility index (Phi) is 7.46. The third kappa shape index (κ3) is 5.29. The van der Waals surface area contributed by atoms with Crippen molar-refractivity contribution in [1.29, 1.82) is 0 Å². The highest BCUT2D eigenvalue weighted by Crippen LogP contribution is 2.46. The second-order valence-corrected chi connectivity index (χ2v) is 9.49. The van der Waals surface area contributed by atoms with Gasteiger partial charge in [-0.2, -0.15) is 0 Å². The average Bonchev–Trinajstić information content (AvgIpc) is 3.57. The molecule has 1 aliphatic carbocycles. The van der Waals surface area contributed by atoms with Crippen molar-refractivity contribution in [2.24, 2.45) is 0 Å². The molecule has 1 amide bonds. The Labute approximate surface area is 199 Å². The van der Waals surface area contributed by atoms with Crippen molar-refractivity contribution in [2.45, 2.75) is 43.8 Å². The van der Waals surface area contributed by atoms with Crippen molar-refractivity contribution in [3.8, 4) is 0 Å². The zero-order valence-electron chi connectivity index (χ0n) is 18.2. The summed E-state index contributed by atoms with van der Waals surface area (Å²) < 4.78 is 6.70. The number of thiophene rings is 1. The molecule has 33 heavy (non-hydrogen) atoms. The van der Waals surface area contributed by atoms with E-state index in [1.807, 2.05) is 5.38 Å². The summed E-state index contributed by atoms with van der Waals surface area (Å²) in [6.45, 7) is 2.27. The quantitative estimate of drug-likeness (QED) is 0.255. The van der Waals surface area contributed by atoms with Crippen molar-refractivity contribution in [1.82, 2.24) is 9.55 Å². The van der Waals surface area contributed by atoms with Gasteiger partial charge in [0.1, 0.15) is 5.00 Å². The number of thioether (sulfide) groups is 1. The van der Waals surface area contributed by atoms with E-state index in [2.05, 4.69) is 10.3 Å². The van der Waals surface area contributed by atoms with E-state index in [1.165, 1.54) is 15.9 Å². The molecule has 1 aromatic carbocycles. The number of carbonyl (C=O) groups excluding carboxylic acids is 2. The molecule has 4 rings (SSSR count). The summed E-state index contributed by atoms with van der Waals surface area (Å²) in [5, 5.41) is 15.4. The second-order valence-electron chi connectivity index (χ2n) is 7.67. The first kappa shape index (κ1) is 23.5. The summed E-state index contributed by atoms with van der Waals surface area (Å²) in [4.78, 5) is 42.8. The molecule has 1 aliphatic rings. The van der Waals surface area contributed by atoms with Crippen LogP contribution in [0.4, 0.5) is 5.00 Å². The summed E-state index contributed by atoms with van der Waals surface area (Å²) in [6, 6.07) is 7.06. The van der Waals surface area contributed by atoms with Crippen LogP contribution in [0, 0.1) is 0 Å². The smallest absolute Gasteiger partial charge is 0.341 e. The van der Waals surface area contributed by atoms with Crippen molar-refractivity contribution in [3.63, 3.8) is 0 Å². The molecule has 0 radical (unpaired) electrons. The lowest BCUT2D eigenvalue weighted by Gasteiger charge is -2.13. The number of aliphatic hydroxyl groups excluding tert-OH is 1. The Hall–Kier alpha value is -2.69. The number of fused-ring (bicyclic) bond motifs is 1. The number of carbonyl (C=O) groups is 2. The number of ether oxygens (including phenoxy) is 1. The summed E-state index contributed by atoms with van der Waals surface area (Å²) in [5.74, 6) is -0.352. The molecule has 10 heteroatoms. The molecule has 0 atom stereocenters. The van der Waals surface area contributed by atoms with Gasteiger partial charge in [0.25, 0.3) is 5.56 Å². The highest BCUT2D eigenvalue weighted by atomic mass is 32.2. The van der Waals surface area contributed by atoms with Gasteiger partial charge in [0, 0.05) is 13.2 Å². The maximum atomic E-state index is 12.9. The van der Waals surface area contributed by atoms with E-state index in [0.29, 0.717) is 45.5 Å². The van der Waals surface area contributed by atoms with Crippen LogP contribution in [0.15, 0.2) is 39.6 Å². The standard InChI is InChI=1S/C23H25N3O5S2/c1-2-31-22(30)19-16(14-8-9-14)12-32-20(19)25-18(28)13-33-23-24-17-7-4-3-6-15(17)21(29)26(23)10-5-11-27/h3-4,6-7,12,14,27H,2,5,8-11,13H2,1H3,(H,25,28). The fourth-order valence-electron chi connectivity index (χ4n) is 3.55. The number of rotatable bonds is 10. The van der Waals surface area contributed by atoms with Gasteiger partial charge in [-0.15, -0.1) is 11.3 Å². The van der Waals surface area contributed by atoms with E-state index in [0.717, 1.165) is 30.2 Å². The van der Waals surface area contributed by atoms with Gasteiger partial charge in [-0.3, -0.25) is 14.2 Å². The summed E-state index contributed by atoms with van der Waals surface area (Å²) in [5.41, 5.74) is 1.75. The van der Waals surface area contributed by atoms with Gasteiger partial charge in [0.15, 0.2) is 5.16 Å². The van der Waals surface area contributed by atoms with E-state index < -0.39 is 5.97 Å². The largest absolute Gasteiger partial charge is 0.462 e. The van der Waals surface area contributed by atoms with Gasteiger partial charge >= 0.3 is 5.97 Å². The normalized spacial score (nSPS) is 13.3.